The van der Waals surface area contributed by atoms with E-state index in [1.165, 1.54) is 6.08 Å². The lowest BCUT2D eigenvalue weighted by Crippen LogP contribution is -2.45. The summed E-state index contributed by atoms with van der Waals surface area (Å²) >= 11 is 0. The lowest BCUT2D eigenvalue weighted by molar-refractivity contribution is -0.111. The molecule has 1 saturated heterocycles. The topological polar surface area (TPSA) is 99.4 Å². The zero-order valence-corrected chi connectivity index (χ0v) is 25.4. The van der Waals surface area contributed by atoms with Crippen LogP contribution in [0, 0.1) is 0 Å². The fourth-order valence-electron chi connectivity index (χ4n) is 5.58. The van der Waals surface area contributed by atoms with Gasteiger partial charge >= 0.3 is 0 Å². The molecule has 2 heterocycles. The molecule has 2 N–H and O–H groups in total. The maximum Gasteiger partial charge on any atom is 0.247 e. The van der Waals surface area contributed by atoms with Crippen LogP contribution >= 0.6 is 0 Å². The monoisotopic (exact) mass is 570 g/mol. The molecule has 0 radical (unpaired) electrons. The number of aliphatic imine (C=N–C) groups is 2. The van der Waals surface area contributed by atoms with Gasteiger partial charge in [-0.25, -0.2) is 4.99 Å². The number of anilines is 3. The van der Waals surface area contributed by atoms with Gasteiger partial charge in [-0.2, -0.15) is 5.10 Å². The van der Waals surface area contributed by atoms with Crippen molar-refractivity contribution < 1.29 is 9.53 Å². The third kappa shape index (κ3) is 6.71. The number of nitrogens with zero attached hydrogens (tertiary/aromatic N) is 6. The Hall–Kier alpha value is -4.44. The zero-order valence-electron chi connectivity index (χ0n) is 25.4. The minimum absolute atomic E-state index is 0.283. The van der Waals surface area contributed by atoms with Crippen molar-refractivity contribution in [1.82, 2.24) is 14.7 Å². The Bertz CT molecular complexity index is 1490. The molecule has 1 fully saturated rings. The fourth-order valence-corrected chi connectivity index (χ4v) is 5.58. The first-order valence-corrected chi connectivity index (χ1v) is 14.3. The number of carbonyl (C=O) groups excluding carboxylic acids is 1. The van der Waals surface area contributed by atoms with Gasteiger partial charge in [0.15, 0.2) is 0 Å². The molecule has 2 aromatic carbocycles. The van der Waals surface area contributed by atoms with Crippen molar-refractivity contribution in [3.05, 3.63) is 66.6 Å². The highest BCUT2D eigenvalue weighted by Crippen LogP contribution is 2.39. The van der Waals surface area contributed by atoms with E-state index >= 15 is 0 Å². The standard InChI is InChI=1S/C32H42N8O2/c1-8-32(41)37-26-18-27(30(42-7)20-29(26)40-15-13-24(14-16-40)39(9-2)10-3)36-31(34-5)19-25(33-4)22-11-12-28-23(17-22)21-35-38(28)6/h8,11-12,17-21,24,36H,1,5,9-10,13-16H2,2-4,6-7H3,(H,37,41)/b31-19+,33-25?. The molecule has 0 atom stereocenters. The largest absolute Gasteiger partial charge is 0.494 e. The number of rotatable bonds is 12. The predicted octanol–water partition coefficient (Wildman–Crippen LogP) is 5.09. The number of piperidine rings is 1. The summed E-state index contributed by atoms with van der Waals surface area (Å²) in [6.45, 7) is 15.7. The summed E-state index contributed by atoms with van der Waals surface area (Å²) in [6, 6.07) is 10.5. The van der Waals surface area contributed by atoms with Crippen LogP contribution in [0.4, 0.5) is 17.1 Å². The van der Waals surface area contributed by atoms with Gasteiger partial charge in [-0.05, 0) is 56.9 Å². The van der Waals surface area contributed by atoms with E-state index in [1.807, 2.05) is 54.3 Å². The molecule has 1 aliphatic heterocycles. The molecule has 0 unspecified atom stereocenters. The lowest BCUT2D eigenvalue weighted by Gasteiger charge is -2.39. The molecule has 10 heteroatoms. The van der Waals surface area contributed by atoms with Crippen LogP contribution in [-0.4, -0.2) is 79.4 Å². The molecule has 0 saturated carbocycles. The van der Waals surface area contributed by atoms with Crippen molar-refractivity contribution in [2.75, 3.05) is 55.9 Å². The number of methoxy groups -OCH3 is 1. The van der Waals surface area contributed by atoms with Gasteiger partial charge in [-0.3, -0.25) is 14.5 Å². The smallest absolute Gasteiger partial charge is 0.247 e. The van der Waals surface area contributed by atoms with Gasteiger partial charge in [-0.15, -0.1) is 0 Å². The summed E-state index contributed by atoms with van der Waals surface area (Å²) < 4.78 is 7.65. The number of amides is 1. The zero-order chi connectivity index (χ0) is 30.2. The van der Waals surface area contributed by atoms with Crippen LogP contribution in [0.5, 0.6) is 5.75 Å². The molecule has 3 aromatic rings. The van der Waals surface area contributed by atoms with Gasteiger partial charge in [0.1, 0.15) is 11.6 Å². The van der Waals surface area contributed by atoms with Gasteiger partial charge in [-0.1, -0.05) is 26.5 Å². The first kappa shape index (κ1) is 30.5. The average molecular weight is 571 g/mol. The fraction of sp³-hybridized carbons (Fsp3) is 0.375. The first-order chi connectivity index (χ1) is 20.3. The van der Waals surface area contributed by atoms with Crippen molar-refractivity contribution in [3.63, 3.8) is 0 Å². The summed E-state index contributed by atoms with van der Waals surface area (Å²) in [5.74, 6) is 0.817. The number of hydrogen-bond donors (Lipinski definition) is 2. The molecule has 0 spiro atoms. The third-order valence-electron chi connectivity index (χ3n) is 7.88. The molecule has 0 bridgehead atoms. The predicted molar refractivity (Wildman–Crippen MR) is 174 cm³/mol. The van der Waals surface area contributed by atoms with Gasteiger partial charge in [0.05, 0.1) is 41.6 Å². The van der Waals surface area contributed by atoms with E-state index in [-0.39, 0.29) is 5.91 Å². The lowest BCUT2D eigenvalue weighted by atomic mass is 10.0. The number of hydrogen-bond acceptors (Lipinski definition) is 8. The van der Waals surface area contributed by atoms with Crippen molar-refractivity contribution in [3.8, 4) is 5.75 Å². The Balaban J connectivity index is 1.64. The maximum absolute atomic E-state index is 12.4. The van der Waals surface area contributed by atoms with E-state index in [0.29, 0.717) is 29.0 Å². The molecule has 42 heavy (non-hydrogen) atoms. The highest BCUT2D eigenvalue weighted by Gasteiger charge is 2.26. The summed E-state index contributed by atoms with van der Waals surface area (Å²) in [4.78, 5) is 26.0. The normalized spacial score (nSPS) is 14.8. The minimum atomic E-state index is -0.283. The number of fused-ring (bicyclic) bond motifs is 1. The summed E-state index contributed by atoms with van der Waals surface area (Å²) in [5.41, 5.74) is 4.89. The Morgan fingerprint density at radius 2 is 1.90 bits per heavy atom. The van der Waals surface area contributed by atoms with Crippen molar-refractivity contribution in [1.29, 1.82) is 0 Å². The summed E-state index contributed by atoms with van der Waals surface area (Å²) in [7, 11) is 5.28. The van der Waals surface area contributed by atoms with Gasteiger partial charge in [0.25, 0.3) is 0 Å². The Kier molecular flexibility index (Phi) is 10.1. The van der Waals surface area contributed by atoms with Crippen molar-refractivity contribution in [2.24, 2.45) is 17.0 Å². The summed E-state index contributed by atoms with van der Waals surface area (Å²) in [5, 5.41) is 11.7. The third-order valence-corrected chi connectivity index (χ3v) is 7.88. The van der Waals surface area contributed by atoms with Crippen LogP contribution in [0.2, 0.25) is 0 Å². The molecule has 10 nitrogen and oxygen atoms in total. The molecule has 222 valence electrons. The Morgan fingerprint density at radius 1 is 1.17 bits per heavy atom. The van der Waals surface area contributed by atoms with Crippen LogP contribution in [0.15, 0.2) is 71.1 Å². The van der Waals surface area contributed by atoms with Crippen molar-refractivity contribution >= 4 is 46.3 Å². The number of ether oxygens (including phenoxy) is 1. The van der Waals surface area contributed by atoms with E-state index < -0.39 is 0 Å². The van der Waals surface area contributed by atoms with E-state index in [9.17, 15) is 4.79 Å². The second-order valence-electron chi connectivity index (χ2n) is 10.2. The van der Waals surface area contributed by atoms with Gasteiger partial charge in [0.2, 0.25) is 5.91 Å². The van der Waals surface area contributed by atoms with E-state index in [1.54, 1.807) is 14.2 Å². The molecule has 4 rings (SSSR count). The number of nitrogens with one attached hydrogen (secondary N) is 2. The van der Waals surface area contributed by atoms with Crippen LogP contribution in [-0.2, 0) is 11.8 Å². The first-order valence-electron chi connectivity index (χ1n) is 14.3. The maximum atomic E-state index is 12.4. The van der Waals surface area contributed by atoms with Gasteiger partial charge < -0.3 is 25.2 Å². The molecular formula is C32H42N8O2. The molecular weight excluding hydrogens is 528 g/mol. The van der Waals surface area contributed by atoms with Crippen molar-refractivity contribution in [2.45, 2.75) is 32.7 Å². The van der Waals surface area contributed by atoms with Crippen LogP contribution in [0.1, 0.15) is 32.3 Å². The number of carbonyl (C=O) groups is 1. The Morgan fingerprint density at radius 3 is 2.52 bits per heavy atom. The number of benzene rings is 2. The quantitative estimate of drug-likeness (QED) is 0.233. The number of aromatic nitrogens is 2. The minimum Gasteiger partial charge on any atom is -0.494 e. The summed E-state index contributed by atoms with van der Waals surface area (Å²) in [6.07, 6.45) is 7.04. The van der Waals surface area contributed by atoms with E-state index in [4.69, 9.17) is 4.74 Å². The second-order valence-corrected chi connectivity index (χ2v) is 10.2. The highest BCUT2D eigenvalue weighted by molar-refractivity contribution is 6.11. The molecule has 1 aliphatic rings. The van der Waals surface area contributed by atoms with Crippen LogP contribution < -0.4 is 20.3 Å². The van der Waals surface area contributed by atoms with Gasteiger partial charge in [0, 0.05) is 56.3 Å². The number of allylic oxidation sites excluding steroid dienone is 1. The van der Waals surface area contributed by atoms with E-state index in [0.717, 1.165) is 66.9 Å². The average Bonchev–Trinajstić information content (AvgIpc) is 3.39. The van der Waals surface area contributed by atoms with E-state index in [2.05, 4.69) is 62.7 Å². The second kappa shape index (κ2) is 14.0. The van der Waals surface area contributed by atoms with Crippen LogP contribution in [0.25, 0.3) is 10.9 Å². The number of aryl methyl sites for hydroxylation is 1. The highest BCUT2D eigenvalue weighted by atomic mass is 16.5. The molecule has 1 aromatic heterocycles. The molecule has 0 aliphatic carbocycles. The van der Waals surface area contributed by atoms with Crippen LogP contribution in [0.3, 0.4) is 0 Å². The SMILES string of the molecule is C=CC(=O)Nc1cc(N/C(=C/C(=NC)c2ccc3c(cnn3C)c2)N=C)c(OC)cc1N1CCC(N(CC)CC)CC1. The Labute approximate surface area is 248 Å². The molecule has 1 amide bonds.